The summed E-state index contributed by atoms with van der Waals surface area (Å²) in [6.45, 7) is 5.16. The molecule has 1 amide bonds. The van der Waals surface area contributed by atoms with Crippen LogP contribution in [0, 0.1) is 0 Å². The molecule has 1 fully saturated rings. The molecule has 1 aliphatic rings. The Labute approximate surface area is 109 Å². The molecular formula is C15H22N2O. The van der Waals surface area contributed by atoms with Gasteiger partial charge in [-0.2, -0.15) is 0 Å². The third-order valence-corrected chi connectivity index (χ3v) is 3.45. The average Bonchev–Trinajstić information content (AvgIpc) is 2.55. The molecule has 18 heavy (non-hydrogen) atoms. The molecule has 0 bridgehead atoms. The molecule has 1 aromatic rings. The Bertz CT molecular complexity index is 415. The normalized spacial score (nSPS) is 20.4. The van der Waals surface area contributed by atoms with E-state index in [4.69, 9.17) is 0 Å². The molecule has 0 spiro atoms. The van der Waals surface area contributed by atoms with Gasteiger partial charge >= 0.3 is 0 Å². The summed E-state index contributed by atoms with van der Waals surface area (Å²) >= 11 is 0. The summed E-state index contributed by atoms with van der Waals surface area (Å²) in [6.07, 6.45) is 3.09. The van der Waals surface area contributed by atoms with E-state index in [9.17, 15) is 4.79 Å². The summed E-state index contributed by atoms with van der Waals surface area (Å²) in [5.41, 5.74) is 2.36. The second-order valence-corrected chi connectivity index (χ2v) is 5.23. The maximum absolute atomic E-state index is 11.9. The zero-order valence-electron chi connectivity index (χ0n) is 11.2. The Kier molecular flexibility index (Phi) is 4.24. The average molecular weight is 246 g/mol. The molecule has 0 aliphatic carbocycles. The van der Waals surface area contributed by atoms with E-state index in [2.05, 4.69) is 36.6 Å². The van der Waals surface area contributed by atoms with E-state index in [0.717, 1.165) is 31.5 Å². The summed E-state index contributed by atoms with van der Waals surface area (Å²) in [4.78, 5) is 11.9. The fourth-order valence-electron chi connectivity index (χ4n) is 2.40. The lowest BCUT2D eigenvalue weighted by molar-refractivity contribution is -0.121. The van der Waals surface area contributed by atoms with Gasteiger partial charge in [0.1, 0.15) is 6.04 Å². The number of carbonyl (C=O) groups excluding carboxylic acids is 1. The van der Waals surface area contributed by atoms with E-state index in [1.165, 1.54) is 5.56 Å². The molecule has 1 aliphatic heterocycles. The van der Waals surface area contributed by atoms with E-state index < -0.39 is 0 Å². The maximum atomic E-state index is 11.9. The van der Waals surface area contributed by atoms with Crippen LogP contribution in [0.1, 0.15) is 44.6 Å². The van der Waals surface area contributed by atoms with Crippen molar-refractivity contribution in [1.29, 1.82) is 0 Å². The number of nitrogens with one attached hydrogen (secondary N) is 2. The lowest BCUT2D eigenvalue weighted by Gasteiger charge is -2.20. The summed E-state index contributed by atoms with van der Waals surface area (Å²) in [5.74, 6) is 0.591. The first-order valence-electron chi connectivity index (χ1n) is 6.81. The predicted molar refractivity (Wildman–Crippen MR) is 74.8 cm³/mol. The van der Waals surface area contributed by atoms with Gasteiger partial charge in [-0.15, -0.1) is 0 Å². The first-order valence-corrected chi connectivity index (χ1v) is 6.81. The van der Waals surface area contributed by atoms with E-state index in [-0.39, 0.29) is 11.9 Å². The van der Waals surface area contributed by atoms with E-state index in [1.54, 1.807) is 0 Å². The van der Waals surface area contributed by atoms with Crippen LogP contribution in [-0.4, -0.2) is 18.5 Å². The minimum Gasteiger partial charge on any atom is -0.373 e. The fourth-order valence-corrected chi connectivity index (χ4v) is 2.40. The van der Waals surface area contributed by atoms with Crippen molar-refractivity contribution in [1.82, 2.24) is 5.32 Å². The van der Waals surface area contributed by atoms with Crippen LogP contribution >= 0.6 is 0 Å². The van der Waals surface area contributed by atoms with Crippen LogP contribution in [-0.2, 0) is 4.79 Å². The van der Waals surface area contributed by atoms with Gasteiger partial charge in [0.05, 0.1) is 0 Å². The minimum absolute atomic E-state index is 0.0904. The SMILES string of the molecule is CC(C)c1ccccc1NC1CCCCNC1=O. The highest BCUT2D eigenvalue weighted by Gasteiger charge is 2.21. The van der Waals surface area contributed by atoms with Crippen molar-refractivity contribution in [3.63, 3.8) is 0 Å². The zero-order chi connectivity index (χ0) is 13.0. The lowest BCUT2D eigenvalue weighted by Crippen LogP contribution is -2.38. The Hall–Kier alpha value is -1.51. The maximum Gasteiger partial charge on any atom is 0.242 e. The Morgan fingerprint density at radius 1 is 1.28 bits per heavy atom. The predicted octanol–water partition coefficient (Wildman–Crippen LogP) is 2.89. The second-order valence-electron chi connectivity index (χ2n) is 5.23. The first kappa shape index (κ1) is 12.9. The lowest BCUT2D eigenvalue weighted by atomic mass is 10.00. The van der Waals surface area contributed by atoms with E-state index in [0.29, 0.717) is 5.92 Å². The van der Waals surface area contributed by atoms with Crippen LogP contribution in [0.2, 0.25) is 0 Å². The van der Waals surface area contributed by atoms with Gasteiger partial charge < -0.3 is 10.6 Å². The van der Waals surface area contributed by atoms with Gasteiger partial charge in [-0.05, 0) is 36.8 Å². The van der Waals surface area contributed by atoms with Gasteiger partial charge in [0.15, 0.2) is 0 Å². The number of hydrogen-bond donors (Lipinski definition) is 2. The van der Waals surface area contributed by atoms with Gasteiger partial charge in [0.25, 0.3) is 0 Å². The third kappa shape index (κ3) is 3.03. The monoisotopic (exact) mass is 246 g/mol. The molecule has 1 aromatic carbocycles. The number of para-hydroxylation sites is 1. The Morgan fingerprint density at radius 3 is 2.83 bits per heavy atom. The van der Waals surface area contributed by atoms with Gasteiger partial charge in [0.2, 0.25) is 5.91 Å². The van der Waals surface area contributed by atoms with Crippen LogP contribution in [0.15, 0.2) is 24.3 Å². The van der Waals surface area contributed by atoms with Gasteiger partial charge in [-0.3, -0.25) is 4.79 Å². The topological polar surface area (TPSA) is 41.1 Å². The smallest absolute Gasteiger partial charge is 0.242 e. The van der Waals surface area contributed by atoms with Gasteiger partial charge in [-0.1, -0.05) is 32.0 Å². The van der Waals surface area contributed by atoms with E-state index in [1.807, 2.05) is 12.1 Å². The minimum atomic E-state index is -0.0904. The van der Waals surface area contributed by atoms with Crippen molar-refractivity contribution in [3.8, 4) is 0 Å². The van der Waals surface area contributed by atoms with Crippen molar-refractivity contribution in [2.24, 2.45) is 0 Å². The Morgan fingerprint density at radius 2 is 2.06 bits per heavy atom. The van der Waals surface area contributed by atoms with Crippen LogP contribution in [0.5, 0.6) is 0 Å². The van der Waals surface area contributed by atoms with Crippen molar-refractivity contribution in [2.45, 2.75) is 45.1 Å². The molecule has 1 heterocycles. The Balaban J connectivity index is 2.15. The summed E-state index contributed by atoms with van der Waals surface area (Å²) in [7, 11) is 0. The van der Waals surface area contributed by atoms with Crippen molar-refractivity contribution in [2.75, 3.05) is 11.9 Å². The summed E-state index contributed by atoms with van der Waals surface area (Å²) < 4.78 is 0. The van der Waals surface area contributed by atoms with Gasteiger partial charge in [0, 0.05) is 12.2 Å². The molecule has 1 atom stereocenters. The molecular weight excluding hydrogens is 224 g/mol. The van der Waals surface area contributed by atoms with Crippen molar-refractivity contribution in [3.05, 3.63) is 29.8 Å². The number of amides is 1. The van der Waals surface area contributed by atoms with Crippen LogP contribution in [0.4, 0.5) is 5.69 Å². The number of carbonyl (C=O) groups is 1. The molecule has 1 saturated heterocycles. The summed E-state index contributed by atoms with van der Waals surface area (Å²) in [5, 5.41) is 6.37. The molecule has 2 rings (SSSR count). The number of benzene rings is 1. The molecule has 0 aromatic heterocycles. The van der Waals surface area contributed by atoms with E-state index >= 15 is 0 Å². The highest BCUT2D eigenvalue weighted by molar-refractivity contribution is 5.85. The zero-order valence-corrected chi connectivity index (χ0v) is 11.2. The molecule has 3 heteroatoms. The molecule has 3 nitrogen and oxygen atoms in total. The highest BCUT2D eigenvalue weighted by Crippen LogP contribution is 2.25. The third-order valence-electron chi connectivity index (χ3n) is 3.45. The number of hydrogen-bond acceptors (Lipinski definition) is 2. The highest BCUT2D eigenvalue weighted by atomic mass is 16.2. The molecule has 0 radical (unpaired) electrons. The fraction of sp³-hybridized carbons (Fsp3) is 0.533. The van der Waals surface area contributed by atoms with Crippen LogP contribution < -0.4 is 10.6 Å². The van der Waals surface area contributed by atoms with Gasteiger partial charge in [-0.25, -0.2) is 0 Å². The molecule has 0 saturated carbocycles. The molecule has 98 valence electrons. The molecule has 1 unspecified atom stereocenters. The van der Waals surface area contributed by atoms with Crippen molar-refractivity contribution >= 4 is 11.6 Å². The van der Waals surface area contributed by atoms with Crippen LogP contribution in [0.3, 0.4) is 0 Å². The van der Waals surface area contributed by atoms with Crippen LogP contribution in [0.25, 0.3) is 0 Å². The second kappa shape index (κ2) is 5.89. The summed E-state index contributed by atoms with van der Waals surface area (Å²) in [6, 6.07) is 8.17. The van der Waals surface area contributed by atoms with Crippen molar-refractivity contribution < 1.29 is 4.79 Å². The largest absolute Gasteiger partial charge is 0.373 e. The first-order chi connectivity index (χ1) is 8.68. The number of rotatable bonds is 3. The standard InChI is InChI=1S/C15H22N2O/c1-11(2)12-7-3-4-8-13(12)17-14-9-5-6-10-16-15(14)18/h3-4,7-8,11,14,17H,5-6,9-10H2,1-2H3,(H,16,18). The molecule has 2 N–H and O–H groups in total. The quantitative estimate of drug-likeness (QED) is 0.861. The number of anilines is 1.